The fourth-order valence-corrected chi connectivity index (χ4v) is 0. The van der Waals surface area contributed by atoms with Crippen LogP contribution >= 0.6 is 0 Å². The molecule has 0 aliphatic heterocycles. The lowest BCUT2D eigenvalue weighted by Crippen LogP contribution is -1.47. The third kappa shape index (κ3) is 311. The van der Waals surface area contributed by atoms with Crippen LogP contribution in [-0.4, -0.2) is 0 Å². The van der Waals surface area contributed by atoms with Gasteiger partial charge in [-0.2, -0.15) is 0 Å². The van der Waals surface area contributed by atoms with Gasteiger partial charge in [-0.05, 0) is 6.42 Å². The molecule has 0 aliphatic rings. The van der Waals surface area contributed by atoms with E-state index in [4.69, 9.17) is 0 Å². The van der Waals surface area contributed by atoms with Crippen LogP contribution in [0.5, 0.6) is 0 Å². The van der Waals surface area contributed by atoms with E-state index in [1.807, 2.05) is 19.9 Å². The minimum Gasteiger partial charge on any atom is -0.106 e. The predicted octanol–water partition coefficient (Wildman–Crippen LogP) is 5.22. The lowest BCUT2D eigenvalue weighted by atomic mass is 10.4. The smallest absolute Gasteiger partial charge is 0.0382 e. The van der Waals surface area contributed by atoms with Gasteiger partial charge in [0.15, 0.2) is 0 Å². The molecular formula is C12H28. The van der Waals surface area contributed by atoms with Crippen molar-refractivity contribution >= 4 is 0 Å². The highest BCUT2D eigenvalue weighted by atomic mass is 13.6. The zero-order valence-corrected chi connectivity index (χ0v) is 9.82. The van der Waals surface area contributed by atoms with Gasteiger partial charge in [0.2, 0.25) is 0 Å². The van der Waals surface area contributed by atoms with Crippen molar-refractivity contribution in [2.75, 3.05) is 0 Å². The fraction of sp³-hybridized carbons (Fsp3) is 0.667. The van der Waals surface area contributed by atoms with Gasteiger partial charge in [0.05, 0.1) is 0 Å². The highest BCUT2D eigenvalue weighted by molar-refractivity contribution is 4.60. The number of hydrogen-bond donors (Lipinski definition) is 0. The average molecular weight is 172 g/mol. The molecule has 0 atom stereocenters. The Morgan fingerprint density at radius 3 is 1.08 bits per heavy atom. The number of rotatable bonds is 2. The van der Waals surface area contributed by atoms with Crippen LogP contribution in [-0.2, 0) is 0 Å². The summed E-state index contributed by atoms with van der Waals surface area (Å²) in [6.07, 6.45) is 5.60. The van der Waals surface area contributed by atoms with Crippen LogP contribution in [0.15, 0.2) is 25.8 Å². The standard InChI is InChI=1S/C4H10.C4H8.C2H6.C2H4/c2*1-3-4-2;2*1-2/h3-4H2,1-2H3;3H,1,4H2,2H3;1-2H3;1-2H2. The Hall–Kier alpha value is -0.520. The van der Waals surface area contributed by atoms with E-state index in [9.17, 15) is 0 Å². The molecule has 0 N–H and O–H groups in total. The number of hydrogen-bond acceptors (Lipinski definition) is 0. The molecule has 76 valence electrons. The predicted molar refractivity (Wildman–Crippen MR) is 63.7 cm³/mol. The molecule has 0 bridgehead atoms. The quantitative estimate of drug-likeness (QED) is 0.501. The second-order valence-electron chi connectivity index (χ2n) is 1.70. The third-order valence-electron chi connectivity index (χ3n) is 0.789. The van der Waals surface area contributed by atoms with Crippen LogP contribution in [0.4, 0.5) is 0 Å². The summed E-state index contributed by atoms with van der Waals surface area (Å²) in [7, 11) is 0. The van der Waals surface area contributed by atoms with Crippen molar-refractivity contribution in [3.63, 3.8) is 0 Å². The lowest BCUT2D eigenvalue weighted by Gasteiger charge is -1.68. The van der Waals surface area contributed by atoms with Gasteiger partial charge in [0, 0.05) is 0 Å². The minimum atomic E-state index is 1.08. The first-order valence-corrected chi connectivity index (χ1v) is 4.94. The molecule has 0 aromatic heterocycles. The van der Waals surface area contributed by atoms with E-state index in [-0.39, 0.29) is 0 Å². The van der Waals surface area contributed by atoms with Crippen molar-refractivity contribution in [2.45, 2.75) is 53.9 Å². The molecule has 0 heteroatoms. The van der Waals surface area contributed by atoms with Gasteiger partial charge < -0.3 is 0 Å². The molecule has 12 heavy (non-hydrogen) atoms. The molecule has 0 rings (SSSR count). The Bertz CT molecular complexity index is 35.3. The maximum absolute atomic E-state index is 3.48. The van der Waals surface area contributed by atoms with Crippen molar-refractivity contribution in [1.29, 1.82) is 0 Å². The second-order valence-corrected chi connectivity index (χ2v) is 1.70. The van der Waals surface area contributed by atoms with Crippen LogP contribution < -0.4 is 0 Å². The van der Waals surface area contributed by atoms with Gasteiger partial charge in [-0.25, -0.2) is 0 Å². The van der Waals surface area contributed by atoms with Crippen molar-refractivity contribution in [2.24, 2.45) is 0 Å². The summed E-state index contributed by atoms with van der Waals surface area (Å²) in [6, 6.07) is 0. The van der Waals surface area contributed by atoms with Crippen LogP contribution in [0.1, 0.15) is 53.9 Å². The first-order valence-electron chi connectivity index (χ1n) is 4.94. The maximum Gasteiger partial charge on any atom is -0.0382 e. The zero-order valence-electron chi connectivity index (χ0n) is 9.82. The molecule has 0 aromatic carbocycles. The summed E-state index contributed by atoms with van der Waals surface area (Å²) in [5, 5.41) is 0. The van der Waals surface area contributed by atoms with Gasteiger partial charge in [0.1, 0.15) is 0 Å². The summed E-state index contributed by atoms with van der Waals surface area (Å²) < 4.78 is 0. The highest BCUT2D eigenvalue weighted by Gasteiger charge is 1.56. The molecule has 0 amide bonds. The second kappa shape index (κ2) is 77.8. The van der Waals surface area contributed by atoms with E-state index in [0.717, 1.165) is 6.42 Å². The average Bonchev–Trinajstić information content (AvgIpc) is 2.23. The highest BCUT2D eigenvalue weighted by Crippen LogP contribution is 1.76. The Labute approximate surface area is 80.4 Å². The molecule has 0 nitrogen and oxygen atoms in total. The molecule has 0 saturated carbocycles. The first-order chi connectivity index (χ1) is 5.83. The van der Waals surface area contributed by atoms with Crippen LogP contribution in [0.25, 0.3) is 0 Å². The number of unbranched alkanes of at least 4 members (excludes halogenated alkanes) is 1. The fourth-order valence-electron chi connectivity index (χ4n) is 0. The van der Waals surface area contributed by atoms with E-state index in [0.29, 0.717) is 0 Å². The monoisotopic (exact) mass is 172 g/mol. The zero-order chi connectivity index (χ0) is 10.8. The summed E-state index contributed by atoms with van der Waals surface area (Å²) in [5.74, 6) is 0. The Morgan fingerprint density at radius 2 is 1.08 bits per heavy atom. The van der Waals surface area contributed by atoms with Crippen molar-refractivity contribution in [1.82, 2.24) is 0 Å². The molecule has 0 unspecified atom stereocenters. The van der Waals surface area contributed by atoms with E-state index in [1.165, 1.54) is 12.8 Å². The maximum atomic E-state index is 3.48. The van der Waals surface area contributed by atoms with Crippen LogP contribution in [0.2, 0.25) is 0 Å². The normalized spacial score (nSPS) is 5.42. The van der Waals surface area contributed by atoms with Crippen LogP contribution in [0, 0.1) is 0 Å². The Kier molecular flexibility index (Phi) is 146. The topological polar surface area (TPSA) is 0 Å². The summed E-state index contributed by atoms with van der Waals surface area (Å²) in [4.78, 5) is 0. The van der Waals surface area contributed by atoms with Crippen molar-refractivity contribution in [3.8, 4) is 0 Å². The molecule has 0 heterocycles. The molecule has 0 saturated heterocycles. The van der Waals surface area contributed by atoms with E-state index in [2.05, 4.69) is 40.5 Å². The Morgan fingerprint density at radius 1 is 0.917 bits per heavy atom. The van der Waals surface area contributed by atoms with Gasteiger partial charge in [0.25, 0.3) is 0 Å². The van der Waals surface area contributed by atoms with Gasteiger partial charge in [-0.15, -0.1) is 19.7 Å². The third-order valence-corrected chi connectivity index (χ3v) is 0.789. The largest absolute Gasteiger partial charge is 0.106 e. The SMILES string of the molecule is C=C.C=CCC.CC.CCCC. The van der Waals surface area contributed by atoms with E-state index < -0.39 is 0 Å². The lowest BCUT2D eigenvalue weighted by molar-refractivity contribution is 0.886. The summed E-state index contributed by atoms with van der Waals surface area (Å²) in [5.41, 5.74) is 0. The summed E-state index contributed by atoms with van der Waals surface area (Å²) >= 11 is 0. The van der Waals surface area contributed by atoms with Crippen molar-refractivity contribution in [3.05, 3.63) is 25.8 Å². The van der Waals surface area contributed by atoms with Gasteiger partial charge >= 0.3 is 0 Å². The molecule has 0 aliphatic carbocycles. The summed E-state index contributed by atoms with van der Waals surface area (Å²) in [6.45, 7) is 19.9. The molecular weight excluding hydrogens is 144 g/mol. The molecule has 0 aromatic rings. The molecule has 0 radical (unpaired) electrons. The molecule has 0 spiro atoms. The van der Waals surface area contributed by atoms with Crippen molar-refractivity contribution < 1.29 is 0 Å². The van der Waals surface area contributed by atoms with Gasteiger partial charge in [-0.3, -0.25) is 0 Å². The van der Waals surface area contributed by atoms with Gasteiger partial charge in [-0.1, -0.05) is 53.5 Å². The van der Waals surface area contributed by atoms with E-state index >= 15 is 0 Å². The van der Waals surface area contributed by atoms with Crippen LogP contribution in [0.3, 0.4) is 0 Å². The minimum absolute atomic E-state index is 1.08. The molecule has 0 fully saturated rings. The Balaban J connectivity index is -0.0000000380. The van der Waals surface area contributed by atoms with E-state index in [1.54, 1.807) is 0 Å². The number of allylic oxidation sites excluding steroid dienone is 1. The first kappa shape index (κ1) is 22.5.